The van der Waals surface area contributed by atoms with E-state index >= 15 is 0 Å². The fraction of sp³-hybridized carbons (Fsp3) is 0.897. The second-order valence-corrected chi connectivity index (χ2v) is 10.4. The molecule has 0 radical (unpaired) electrons. The summed E-state index contributed by atoms with van der Waals surface area (Å²) in [5, 5.41) is 18.7. The van der Waals surface area contributed by atoms with Crippen LogP contribution in [-0.2, 0) is 4.79 Å². The molecule has 3 amide bonds. The van der Waals surface area contributed by atoms with Crippen molar-refractivity contribution in [2.24, 2.45) is 5.73 Å². The minimum Gasteiger partial charge on any atom is -0.370 e. The van der Waals surface area contributed by atoms with Crippen LogP contribution in [0, 0.1) is 5.41 Å². The van der Waals surface area contributed by atoms with Crippen molar-refractivity contribution in [1.82, 2.24) is 21.3 Å². The first-order chi connectivity index (χ1) is 18.0. The smallest absolute Gasteiger partial charge is 0.315 e. The third-order valence-electron chi connectivity index (χ3n) is 6.75. The quantitative estimate of drug-likeness (QED) is 0.0408. The van der Waals surface area contributed by atoms with Crippen molar-refractivity contribution in [1.29, 1.82) is 5.41 Å². The monoisotopic (exact) mass is 560 g/mol. The molecule has 0 aliphatic carbocycles. The highest BCUT2D eigenvalue weighted by Gasteiger charge is 2.19. The van der Waals surface area contributed by atoms with Crippen LogP contribution in [-0.4, -0.2) is 43.6 Å². The molecule has 9 heteroatoms. The summed E-state index contributed by atoms with van der Waals surface area (Å²) in [6.45, 7) is 6.18. The van der Waals surface area contributed by atoms with E-state index in [1.165, 1.54) is 77.0 Å². The summed E-state index contributed by atoms with van der Waals surface area (Å²) in [5.74, 6) is -0.234. The second kappa shape index (κ2) is 29.9. The van der Waals surface area contributed by atoms with Gasteiger partial charge in [-0.05, 0) is 25.7 Å². The lowest BCUT2D eigenvalue weighted by atomic mass is 10.0. The molecule has 0 saturated carbocycles. The predicted octanol–water partition coefficient (Wildman–Crippen LogP) is 6.52. The standard InChI is InChI=1S/C29H60N6O2.ClH/c1-3-5-7-9-10-11-12-13-14-15-16-17-18-20-24-34-29(37)35-26(22-21-25-33-28(30)31)27(36)32-23-19-8-6-4-2;/h26H,3-25H2,1-2H3,(H,32,36)(H4,30,31,33)(H2,34,35,37);1H/t26-;/m0./s1. The molecule has 1 atom stereocenters. The number of amides is 3. The van der Waals surface area contributed by atoms with Crippen molar-refractivity contribution < 1.29 is 9.59 Å². The minimum atomic E-state index is -0.587. The summed E-state index contributed by atoms with van der Waals surface area (Å²) in [4.78, 5) is 25.0. The maximum atomic E-state index is 12.6. The molecule has 7 N–H and O–H groups in total. The number of carbonyl (C=O) groups is 2. The first kappa shape index (κ1) is 38.4. The van der Waals surface area contributed by atoms with Crippen molar-refractivity contribution in [3.05, 3.63) is 0 Å². The van der Waals surface area contributed by atoms with Gasteiger partial charge in [0.1, 0.15) is 6.04 Å². The maximum Gasteiger partial charge on any atom is 0.315 e. The molecule has 0 heterocycles. The van der Waals surface area contributed by atoms with E-state index in [2.05, 4.69) is 35.1 Å². The number of rotatable bonds is 26. The van der Waals surface area contributed by atoms with Crippen LogP contribution in [0.1, 0.15) is 142 Å². The van der Waals surface area contributed by atoms with Gasteiger partial charge in [0, 0.05) is 19.6 Å². The lowest BCUT2D eigenvalue weighted by Gasteiger charge is -2.19. The SMILES string of the molecule is CCCCCCCCCCCCCCCCNC(=O)N[C@@H](CCCNC(=N)N)C(=O)NCCCCCC.Cl. The van der Waals surface area contributed by atoms with Gasteiger partial charge in [0.2, 0.25) is 5.91 Å². The first-order valence-electron chi connectivity index (χ1n) is 15.4. The number of urea groups is 1. The third kappa shape index (κ3) is 27.3. The Balaban J connectivity index is 0. The normalized spacial score (nSPS) is 11.3. The molecule has 0 rings (SSSR count). The van der Waals surface area contributed by atoms with E-state index < -0.39 is 6.04 Å². The van der Waals surface area contributed by atoms with Gasteiger partial charge in [-0.1, -0.05) is 117 Å². The zero-order chi connectivity index (χ0) is 27.4. The molecule has 0 saturated heterocycles. The van der Waals surface area contributed by atoms with Crippen LogP contribution >= 0.6 is 12.4 Å². The lowest BCUT2D eigenvalue weighted by molar-refractivity contribution is -0.123. The minimum absolute atomic E-state index is 0. The van der Waals surface area contributed by atoms with Crippen LogP contribution in [0.15, 0.2) is 0 Å². The van der Waals surface area contributed by atoms with Crippen molar-refractivity contribution in [2.45, 2.75) is 148 Å². The number of carbonyl (C=O) groups excluding carboxylic acids is 2. The van der Waals surface area contributed by atoms with Gasteiger partial charge in [-0.15, -0.1) is 12.4 Å². The highest BCUT2D eigenvalue weighted by atomic mass is 35.5. The number of unbranched alkanes of at least 4 members (excludes halogenated alkanes) is 16. The average Bonchev–Trinajstić information content (AvgIpc) is 2.87. The third-order valence-corrected chi connectivity index (χ3v) is 6.75. The molecule has 0 bridgehead atoms. The van der Waals surface area contributed by atoms with Crippen LogP contribution < -0.4 is 27.0 Å². The van der Waals surface area contributed by atoms with Crippen molar-refractivity contribution >= 4 is 30.3 Å². The van der Waals surface area contributed by atoms with Gasteiger partial charge in [-0.25, -0.2) is 4.79 Å². The summed E-state index contributed by atoms with van der Waals surface area (Å²) in [6.07, 6.45) is 23.8. The van der Waals surface area contributed by atoms with Crippen LogP contribution in [0.3, 0.4) is 0 Å². The van der Waals surface area contributed by atoms with Gasteiger partial charge in [0.25, 0.3) is 0 Å². The van der Waals surface area contributed by atoms with E-state index in [9.17, 15) is 9.59 Å². The van der Waals surface area contributed by atoms with E-state index in [4.69, 9.17) is 11.1 Å². The maximum absolute atomic E-state index is 12.6. The topological polar surface area (TPSA) is 132 Å². The Labute approximate surface area is 240 Å². The van der Waals surface area contributed by atoms with Crippen molar-refractivity contribution in [3.8, 4) is 0 Å². The van der Waals surface area contributed by atoms with Gasteiger partial charge < -0.3 is 27.0 Å². The second-order valence-electron chi connectivity index (χ2n) is 10.4. The average molecular weight is 561 g/mol. The highest BCUT2D eigenvalue weighted by molar-refractivity contribution is 5.87. The Morgan fingerprint density at radius 2 is 1.00 bits per heavy atom. The van der Waals surface area contributed by atoms with E-state index in [0.29, 0.717) is 32.5 Å². The molecule has 0 aliphatic heterocycles. The fourth-order valence-electron chi connectivity index (χ4n) is 4.42. The molecule has 0 fully saturated rings. The Bertz CT molecular complexity index is 565. The summed E-state index contributed by atoms with van der Waals surface area (Å²) in [6, 6.07) is -0.878. The number of nitrogens with two attached hydrogens (primary N) is 1. The molecule has 38 heavy (non-hydrogen) atoms. The molecule has 8 nitrogen and oxygen atoms in total. The Kier molecular flexibility index (Phi) is 30.2. The van der Waals surface area contributed by atoms with Gasteiger partial charge in [0.05, 0.1) is 0 Å². The molecule has 226 valence electrons. The van der Waals surface area contributed by atoms with Crippen molar-refractivity contribution in [2.75, 3.05) is 19.6 Å². The van der Waals surface area contributed by atoms with Crippen LogP contribution in [0.2, 0.25) is 0 Å². The molecule has 0 spiro atoms. The zero-order valence-electron chi connectivity index (χ0n) is 24.6. The Morgan fingerprint density at radius 1 is 0.605 bits per heavy atom. The number of hydrogen-bond donors (Lipinski definition) is 6. The predicted molar refractivity (Wildman–Crippen MR) is 164 cm³/mol. The summed E-state index contributed by atoms with van der Waals surface area (Å²) in [5.41, 5.74) is 5.32. The van der Waals surface area contributed by atoms with Crippen LogP contribution in [0.4, 0.5) is 4.79 Å². The Morgan fingerprint density at radius 3 is 1.47 bits per heavy atom. The van der Waals surface area contributed by atoms with E-state index in [-0.39, 0.29) is 30.3 Å². The highest BCUT2D eigenvalue weighted by Crippen LogP contribution is 2.12. The van der Waals surface area contributed by atoms with E-state index in [1.807, 2.05) is 0 Å². The largest absolute Gasteiger partial charge is 0.370 e. The molecular formula is C29H61ClN6O2. The number of hydrogen-bond acceptors (Lipinski definition) is 3. The van der Waals surface area contributed by atoms with Crippen LogP contribution in [0.25, 0.3) is 0 Å². The molecule has 0 aromatic rings. The zero-order valence-corrected chi connectivity index (χ0v) is 25.5. The van der Waals surface area contributed by atoms with Gasteiger partial charge >= 0.3 is 6.03 Å². The number of nitrogens with one attached hydrogen (secondary N) is 5. The van der Waals surface area contributed by atoms with Crippen LogP contribution in [0.5, 0.6) is 0 Å². The summed E-state index contributed by atoms with van der Waals surface area (Å²) < 4.78 is 0. The molecular weight excluding hydrogens is 500 g/mol. The van der Waals surface area contributed by atoms with Gasteiger partial charge in [-0.3, -0.25) is 10.2 Å². The molecule has 0 unspecified atom stereocenters. The first-order valence-corrected chi connectivity index (χ1v) is 15.4. The van der Waals surface area contributed by atoms with E-state index in [0.717, 1.165) is 38.5 Å². The van der Waals surface area contributed by atoms with E-state index in [1.54, 1.807) is 0 Å². The summed E-state index contributed by atoms with van der Waals surface area (Å²) >= 11 is 0. The fourth-order valence-corrected chi connectivity index (χ4v) is 4.42. The molecule has 0 aromatic heterocycles. The Hall–Kier alpha value is -1.70. The lowest BCUT2D eigenvalue weighted by Crippen LogP contribution is -2.50. The number of halogens is 1. The van der Waals surface area contributed by atoms with Crippen molar-refractivity contribution in [3.63, 3.8) is 0 Å². The number of guanidine groups is 1. The molecule has 0 aromatic carbocycles. The van der Waals surface area contributed by atoms with Gasteiger partial charge in [0.15, 0.2) is 5.96 Å². The van der Waals surface area contributed by atoms with Gasteiger partial charge in [-0.2, -0.15) is 0 Å². The summed E-state index contributed by atoms with van der Waals surface area (Å²) in [7, 11) is 0. The molecule has 0 aliphatic rings.